The summed E-state index contributed by atoms with van der Waals surface area (Å²) >= 11 is 9.72. The van der Waals surface area contributed by atoms with Crippen LogP contribution in [0.25, 0.3) is 0 Å². The third-order valence-corrected chi connectivity index (χ3v) is 2.37. The van der Waals surface area contributed by atoms with Gasteiger partial charge in [-0.2, -0.15) is 11.5 Å². The smallest absolute Gasteiger partial charge is 0 e. The summed E-state index contributed by atoms with van der Waals surface area (Å²) in [6.07, 6.45) is 9.24. The fourth-order valence-corrected chi connectivity index (χ4v) is 1.50. The zero-order valence-corrected chi connectivity index (χ0v) is 10.6. The monoisotopic (exact) mass is 297 g/mol. The van der Waals surface area contributed by atoms with Crippen molar-refractivity contribution in [2.75, 3.05) is 11.5 Å². The molecule has 0 heterocycles. The maximum absolute atomic E-state index is 4.86. The SMILES string of the molecule is [Ag].[S-]CCCCCCCCC[S-]. The van der Waals surface area contributed by atoms with Gasteiger partial charge in [-0.05, 0) is 0 Å². The number of unbranched alkanes of at least 4 members (excludes halogenated alkanes) is 6. The topological polar surface area (TPSA) is 0 Å². The maximum atomic E-state index is 4.86. The molecule has 0 aromatic heterocycles. The van der Waals surface area contributed by atoms with E-state index >= 15 is 0 Å². The Morgan fingerprint density at radius 2 is 0.750 bits per heavy atom. The molecular weight excluding hydrogens is 280 g/mol. The predicted octanol–water partition coefficient (Wildman–Crippen LogP) is 2.81. The molecule has 0 aromatic rings. The summed E-state index contributed by atoms with van der Waals surface area (Å²) in [5.41, 5.74) is 0. The molecule has 0 aliphatic rings. The molecule has 0 aliphatic heterocycles. The molecule has 12 heavy (non-hydrogen) atoms. The molecule has 0 saturated heterocycles. The van der Waals surface area contributed by atoms with Crippen molar-refractivity contribution in [1.82, 2.24) is 0 Å². The summed E-state index contributed by atoms with van der Waals surface area (Å²) in [6.45, 7) is 0. The first-order chi connectivity index (χ1) is 5.41. The van der Waals surface area contributed by atoms with E-state index in [2.05, 4.69) is 0 Å². The fraction of sp³-hybridized carbons (Fsp3) is 1.00. The van der Waals surface area contributed by atoms with Crippen molar-refractivity contribution in [3.8, 4) is 0 Å². The van der Waals surface area contributed by atoms with Gasteiger partial charge in [-0.3, -0.25) is 0 Å². The van der Waals surface area contributed by atoms with Crippen LogP contribution in [0, 0.1) is 0 Å². The molecular formula is C9H18AgS2-2. The summed E-state index contributed by atoms with van der Waals surface area (Å²) in [5, 5.41) is 0. The minimum absolute atomic E-state index is 0. The number of rotatable bonds is 8. The second-order valence-corrected chi connectivity index (χ2v) is 3.70. The molecule has 0 unspecified atom stereocenters. The summed E-state index contributed by atoms with van der Waals surface area (Å²) in [4.78, 5) is 0. The first-order valence-electron chi connectivity index (χ1n) is 4.58. The van der Waals surface area contributed by atoms with Crippen LogP contribution in [0.1, 0.15) is 44.9 Å². The molecule has 0 aliphatic carbocycles. The van der Waals surface area contributed by atoms with Gasteiger partial charge in [-0.1, -0.05) is 44.9 Å². The third kappa shape index (κ3) is 14.0. The van der Waals surface area contributed by atoms with Crippen LogP contribution in [0.3, 0.4) is 0 Å². The van der Waals surface area contributed by atoms with Crippen LogP contribution in [-0.2, 0) is 47.6 Å². The average molecular weight is 298 g/mol. The van der Waals surface area contributed by atoms with Gasteiger partial charge < -0.3 is 25.3 Å². The Hall–Kier alpha value is 1.44. The number of hydrogen-bond acceptors (Lipinski definition) is 2. The molecule has 0 N–H and O–H groups in total. The van der Waals surface area contributed by atoms with Crippen molar-refractivity contribution >= 4 is 25.3 Å². The Morgan fingerprint density at radius 3 is 1.00 bits per heavy atom. The van der Waals surface area contributed by atoms with E-state index in [0.717, 1.165) is 11.5 Å². The van der Waals surface area contributed by atoms with E-state index in [9.17, 15) is 0 Å². The quantitative estimate of drug-likeness (QED) is 0.384. The maximum Gasteiger partial charge on any atom is 0 e. The predicted molar refractivity (Wildman–Crippen MR) is 56.8 cm³/mol. The summed E-state index contributed by atoms with van der Waals surface area (Å²) in [5.74, 6) is 1.87. The Kier molecular flexibility index (Phi) is 19.8. The van der Waals surface area contributed by atoms with Crippen molar-refractivity contribution in [3.05, 3.63) is 0 Å². The van der Waals surface area contributed by atoms with E-state index in [1.54, 1.807) is 0 Å². The minimum Gasteiger partial charge on any atom is -0.793 e. The van der Waals surface area contributed by atoms with Gasteiger partial charge in [0.2, 0.25) is 0 Å². The largest absolute Gasteiger partial charge is 0.793 e. The van der Waals surface area contributed by atoms with Crippen LogP contribution < -0.4 is 0 Å². The van der Waals surface area contributed by atoms with Crippen LogP contribution in [0.2, 0.25) is 0 Å². The van der Waals surface area contributed by atoms with Crippen LogP contribution in [0.4, 0.5) is 0 Å². The molecule has 3 heteroatoms. The Balaban J connectivity index is 0. The molecule has 1 radical (unpaired) electrons. The van der Waals surface area contributed by atoms with Gasteiger partial charge in [0.15, 0.2) is 0 Å². The van der Waals surface area contributed by atoms with Gasteiger partial charge in [0.1, 0.15) is 0 Å². The second-order valence-electron chi connectivity index (χ2n) is 2.88. The second kappa shape index (κ2) is 14.9. The number of hydrogen-bond donors (Lipinski definition) is 0. The summed E-state index contributed by atoms with van der Waals surface area (Å²) in [7, 11) is 0. The Bertz CT molecular complexity index is 61.5. The summed E-state index contributed by atoms with van der Waals surface area (Å²) in [6, 6.07) is 0. The normalized spacial score (nSPS) is 9.50. The molecule has 0 fully saturated rings. The van der Waals surface area contributed by atoms with E-state index in [1.807, 2.05) is 0 Å². The minimum atomic E-state index is 0. The molecule has 0 rings (SSSR count). The molecule has 79 valence electrons. The molecule has 0 amide bonds. The van der Waals surface area contributed by atoms with Gasteiger partial charge in [0.25, 0.3) is 0 Å². The van der Waals surface area contributed by atoms with Crippen LogP contribution >= 0.6 is 0 Å². The van der Waals surface area contributed by atoms with Crippen LogP contribution in [-0.4, -0.2) is 11.5 Å². The van der Waals surface area contributed by atoms with E-state index in [-0.39, 0.29) is 22.4 Å². The molecule has 0 spiro atoms. The van der Waals surface area contributed by atoms with E-state index in [1.165, 1.54) is 44.9 Å². The molecule has 0 bridgehead atoms. The van der Waals surface area contributed by atoms with Gasteiger partial charge >= 0.3 is 0 Å². The van der Waals surface area contributed by atoms with Crippen LogP contribution in [0.5, 0.6) is 0 Å². The van der Waals surface area contributed by atoms with E-state index in [0.29, 0.717) is 0 Å². The van der Waals surface area contributed by atoms with Crippen molar-refractivity contribution in [2.45, 2.75) is 44.9 Å². The van der Waals surface area contributed by atoms with Gasteiger partial charge in [-0.15, -0.1) is 0 Å². The van der Waals surface area contributed by atoms with Crippen molar-refractivity contribution in [3.63, 3.8) is 0 Å². The van der Waals surface area contributed by atoms with Gasteiger partial charge in [0.05, 0.1) is 0 Å². The van der Waals surface area contributed by atoms with E-state index in [4.69, 9.17) is 25.3 Å². The van der Waals surface area contributed by atoms with Crippen molar-refractivity contribution in [1.29, 1.82) is 0 Å². The van der Waals surface area contributed by atoms with Crippen LogP contribution in [0.15, 0.2) is 0 Å². The van der Waals surface area contributed by atoms with Gasteiger partial charge in [0, 0.05) is 22.4 Å². The van der Waals surface area contributed by atoms with Crippen molar-refractivity contribution < 1.29 is 22.4 Å². The Labute approximate surface area is 104 Å². The average Bonchev–Trinajstić information content (AvgIpc) is 2.03. The Morgan fingerprint density at radius 1 is 0.500 bits per heavy atom. The molecule has 0 saturated carbocycles. The first-order valence-corrected chi connectivity index (χ1v) is 5.73. The van der Waals surface area contributed by atoms with Crippen molar-refractivity contribution in [2.24, 2.45) is 0 Å². The summed E-state index contributed by atoms with van der Waals surface area (Å²) < 4.78 is 0. The molecule has 0 nitrogen and oxygen atoms in total. The zero-order valence-electron chi connectivity index (χ0n) is 7.48. The standard InChI is InChI=1S/C9H20S2.Ag/c10-8-6-4-2-1-3-5-7-9-11;/h10-11H,1-9H2;/p-2. The third-order valence-electron chi connectivity index (χ3n) is 1.79. The van der Waals surface area contributed by atoms with Gasteiger partial charge in [-0.25, -0.2) is 0 Å². The molecule has 0 aromatic carbocycles. The van der Waals surface area contributed by atoms with E-state index < -0.39 is 0 Å². The zero-order chi connectivity index (χ0) is 8.36. The molecule has 0 atom stereocenters. The fourth-order valence-electron chi connectivity index (χ4n) is 1.09. The first kappa shape index (κ1) is 15.9.